The molecule has 0 N–H and O–H groups in total. The van der Waals surface area contributed by atoms with Gasteiger partial charge in [0.05, 0.1) is 19.5 Å². The lowest BCUT2D eigenvalue weighted by atomic mass is 10.2. The molecule has 0 bridgehead atoms. The Morgan fingerprint density at radius 1 is 0.475 bits per heavy atom. The normalized spacial score (nSPS) is 12.8. The average molecular weight is 572 g/mol. The van der Waals surface area contributed by atoms with Gasteiger partial charge in [0.2, 0.25) is 0 Å². The SMILES string of the molecule is CCCCCN(CCN(CCN(CCC)CCC(=O)OC(C)(C)C)CC(=O)OC(C)(C)C)CC(=O)OC(C)(C)C. The van der Waals surface area contributed by atoms with E-state index in [1.54, 1.807) is 0 Å². The first-order valence-corrected chi connectivity index (χ1v) is 15.2. The number of ether oxygens (including phenoxy) is 3. The van der Waals surface area contributed by atoms with Crippen molar-refractivity contribution in [2.75, 3.05) is 58.9 Å². The zero-order valence-electron chi connectivity index (χ0n) is 27.7. The minimum absolute atomic E-state index is 0.165. The highest BCUT2D eigenvalue weighted by atomic mass is 16.6. The summed E-state index contributed by atoms with van der Waals surface area (Å²) in [6, 6.07) is 0. The van der Waals surface area contributed by atoms with Gasteiger partial charge < -0.3 is 19.1 Å². The van der Waals surface area contributed by atoms with Gasteiger partial charge in [0.25, 0.3) is 0 Å². The Hall–Kier alpha value is -1.71. The minimum atomic E-state index is -0.562. The molecule has 0 aliphatic rings. The quantitative estimate of drug-likeness (QED) is 0.122. The molecule has 0 aromatic heterocycles. The summed E-state index contributed by atoms with van der Waals surface area (Å²) in [6.45, 7) is 26.4. The van der Waals surface area contributed by atoms with Gasteiger partial charge >= 0.3 is 17.9 Å². The number of nitrogens with zero attached hydrogens (tertiary/aromatic N) is 3. The monoisotopic (exact) mass is 571 g/mol. The summed E-state index contributed by atoms with van der Waals surface area (Å²) in [5.41, 5.74) is -1.59. The number of hydrogen-bond donors (Lipinski definition) is 0. The molecule has 0 radical (unpaired) electrons. The van der Waals surface area contributed by atoms with Crippen LogP contribution in [0.3, 0.4) is 0 Å². The van der Waals surface area contributed by atoms with Crippen LogP contribution < -0.4 is 0 Å². The number of carbonyl (C=O) groups excluding carboxylic acids is 3. The lowest BCUT2D eigenvalue weighted by molar-refractivity contribution is -0.158. The first-order chi connectivity index (χ1) is 18.3. The maximum absolute atomic E-state index is 12.8. The topological polar surface area (TPSA) is 88.6 Å². The third kappa shape index (κ3) is 23.0. The van der Waals surface area contributed by atoms with Crippen molar-refractivity contribution in [1.29, 1.82) is 0 Å². The summed E-state index contributed by atoms with van der Waals surface area (Å²) >= 11 is 0. The number of rotatable bonds is 19. The fraction of sp³-hybridized carbons (Fsp3) is 0.903. The largest absolute Gasteiger partial charge is 0.460 e. The number of esters is 3. The Kier molecular flexibility index (Phi) is 17.9. The van der Waals surface area contributed by atoms with Crippen molar-refractivity contribution in [3.8, 4) is 0 Å². The lowest BCUT2D eigenvalue weighted by Gasteiger charge is -2.31. The number of hydrogen-bond acceptors (Lipinski definition) is 9. The third-order valence-electron chi connectivity index (χ3n) is 5.68. The molecular weight excluding hydrogens is 510 g/mol. The van der Waals surface area contributed by atoms with Crippen LogP contribution in [0.4, 0.5) is 0 Å². The third-order valence-corrected chi connectivity index (χ3v) is 5.68. The molecule has 9 heteroatoms. The molecule has 0 heterocycles. The minimum Gasteiger partial charge on any atom is -0.460 e. The predicted molar refractivity (Wildman–Crippen MR) is 161 cm³/mol. The van der Waals surface area contributed by atoms with Crippen LogP contribution in [0, 0.1) is 0 Å². The van der Waals surface area contributed by atoms with Crippen LogP contribution in [0.25, 0.3) is 0 Å². The molecule has 0 rings (SSSR count). The summed E-state index contributed by atoms with van der Waals surface area (Å²) in [6.07, 6.45) is 4.48. The predicted octanol–water partition coefficient (Wildman–Crippen LogP) is 4.91. The Morgan fingerprint density at radius 2 is 0.875 bits per heavy atom. The first kappa shape index (κ1) is 38.3. The van der Waals surface area contributed by atoms with Gasteiger partial charge in [0, 0.05) is 32.7 Å². The van der Waals surface area contributed by atoms with E-state index in [4.69, 9.17) is 14.2 Å². The second kappa shape index (κ2) is 18.7. The van der Waals surface area contributed by atoms with Crippen LogP contribution in [0.5, 0.6) is 0 Å². The summed E-state index contributed by atoms with van der Waals surface area (Å²) in [4.78, 5) is 44.1. The van der Waals surface area contributed by atoms with Crippen molar-refractivity contribution in [2.45, 2.75) is 125 Å². The summed E-state index contributed by atoms with van der Waals surface area (Å²) < 4.78 is 16.7. The van der Waals surface area contributed by atoms with Gasteiger partial charge in [-0.2, -0.15) is 0 Å². The van der Waals surface area contributed by atoms with Crippen LogP contribution in [0.2, 0.25) is 0 Å². The maximum atomic E-state index is 12.8. The summed E-state index contributed by atoms with van der Waals surface area (Å²) in [7, 11) is 0. The second-order valence-electron chi connectivity index (χ2n) is 13.6. The highest BCUT2D eigenvalue weighted by Gasteiger charge is 2.23. The molecule has 0 fully saturated rings. The molecule has 0 aromatic carbocycles. The van der Waals surface area contributed by atoms with Gasteiger partial charge in [-0.15, -0.1) is 0 Å². The fourth-order valence-electron chi connectivity index (χ4n) is 4.10. The molecule has 0 unspecified atom stereocenters. The molecule has 40 heavy (non-hydrogen) atoms. The Balaban J connectivity index is 5.40. The summed E-state index contributed by atoms with van der Waals surface area (Å²) in [5, 5.41) is 0. The van der Waals surface area contributed by atoms with Crippen LogP contribution in [0.15, 0.2) is 0 Å². The average Bonchev–Trinajstić information content (AvgIpc) is 2.75. The smallest absolute Gasteiger partial charge is 0.320 e. The molecule has 0 amide bonds. The van der Waals surface area contributed by atoms with Crippen LogP contribution >= 0.6 is 0 Å². The van der Waals surface area contributed by atoms with E-state index in [2.05, 4.69) is 28.5 Å². The van der Waals surface area contributed by atoms with Gasteiger partial charge in [0.1, 0.15) is 16.8 Å². The van der Waals surface area contributed by atoms with Crippen molar-refractivity contribution < 1.29 is 28.6 Å². The van der Waals surface area contributed by atoms with Crippen molar-refractivity contribution in [1.82, 2.24) is 14.7 Å². The Labute approximate surface area is 245 Å². The van der Waals surface area contributed by atoms with Crippen LogP contribution in [0.1, 0.15) is 108 Å². The van der Waals surface area contributed by atoms with Crippen molar-refractivity contribution in [3.05, 3.63) is 0 Å². The van der Waals surface area contributed by atoms with E-state index >= 15 is 0 Å². The van der Waals surface area contributed by atoms with Gasteiger partial charge in [-0.3, -0.25) is 24.2 Å². The zero-order valence-corrected chi connectivity index (χ0v) is 27.7. The van der Waals surface area contributed by atoms with E-state index in [0.717, 1.165) is 38.8 Å². The summed E-state index contributed by atoms with van der Waals surface area (Å²) in [5.74, 6) is -0.712. The molecule has 0 saturated carbocycles. The van der Waals surface area contributed by atoms with Crippen LogP contribution in [-0.4, -0.2) is 108 Å². The Bertz CT molecular complexity index is 737. The first-order valence-electron chi connectivity index (χ1n) is 15.2. The molecule has 0 spiro atoms. The standard InChI is InChI=1S/C31H61N3O6/c1-12-14-15-18-33(24-27(36)39-30(6,7)8)22-23-34(25-28(37)40-31(9,10)11)21-20-32(17-13-2)19-16-26(35)38-29(3,4)5/h12-25H2,1-11H3. The molecule has 0 saturated heterocycles. The van der Waals surface area contributed by atoms with E-state index in [1.165, 1.54) is 0 Å². The number of unbranched alkanes of at least 4 members (excludes halogenated alkanes) is 2. The second-order valence-corrected chi connectivity index (χ2v) is 13.6. The van der Waals surface area contributed by atoms with Gasteiger partial charge in [0.15, 0.2) is 0 Å². The lowest BCUT2D eigenvalue weighted by Crippen LogP contribution is -2.45. The van der Waals surface area contributed by atoms with E-state index in [9.17, 15) is 14.4 Å². The van der Waals surface area contributed by atoms with E-state index < -0.39 is 16.8 Å². The molecule has 0 aromatic rings. The van der Waals surface area contributed by atoms with E-state index in [-0.39, 0.29) is 31.0 Å². The van der Waals surface area contributed by atoms with Crippen molar-refractivity contribution in [3.63, 3.8) is 0 Å². The van der Waals surface area contributed by atoms with Crippen LogP contribution in [-0.2, 0) is 28.6 Å². The van der Waals surface area contributed by atoms with Gasteiger partial charge in [-0.25, -0.2) is 0 Å². The molecular formula is C31H61N3O6. The maximum Gasteiger partial charge on any atom is 0.320 e. The zero-order chi connectivity index (χ0) is 31.0. The van der Waals surface area contributed by atoms with Crippen molar-refractivity contribution >= 4 is 17.9 Å². The van der Waals surface area contributed by atoms with Gasteiger partial charge in [-0.1, -0.05) is 26.7 Å². The highest BCUT2D eigenvalue weighted by Crippen LogP contribution is 2.11. The van der Waals surface area contributed by atoms with E-state index in [0.29, 0.717) is 39.1 Å². The highest BCUT2D eigenvalue weighted by molar-refractivity contribution is 5.72. The van der Waals surface area contributed by atoms with E-state index in [1.807, 2.05) is 62.3 Å². The molecule has 0 aliphatic carbocycles. The molecule has 236 valence electrons. The molecule has 0 aliphatic heterocycles. The number of carbonyl (C=O) groups is 3. The van der Waals surface area contributed by atoms with Gasteiger partial charge in [-0.05, 0) is 88.2 Å². The molecule has 0 atom stereocenters. The van der Waals surface area contributed by atoms with Crippen molar-refractivity contribution in [2.24, 2.45) is 0 Å². The molecule has 9 nitrogen and oxygen atoms in total. The Morgan fingerprint density at radius 3 is 1.27 bits per heavy atom. The fourth-order valence-corrected chi connectivity index (χ4v) is 4.10.